The van der Waals surface area contributed by atoms with Crippen LogP contribution in [-0.4, -0.2) is 15.8 Å². The maximum absolute atomic E-state index is 4.27. The Morgan fingerprint density at radius 1 is 1.53 bits per heavy atom. The van der Waals surface area contributed by atoms with Crippen molar-refractivity contribution in [2.24, 2.45) is 5.92 Å². The third kappa shape index (κ3) is 2.81. The lowest BCUT2D eigenvalue weighted by Gasteiger charge is -2.01. The van der Waals surface area contributed by atoms with Gasteiger partial charge in [-0.3, -0.25) is 4.68 Å². The van der Waals surface area contributed by atoms with E-state index in [0.717, 1.165) is 25.0 Å². The Hall–Kier alpha value is -0.830. The van der Waals surface area contributed by atoms with Gasteiger partial charge in [0.2, 0.25) is 0 Å². The molecule has 0 saturated heterocycles. The van der Waals surface area contributed by atoms with Gasteiger partial charge in [-0.25, -0.2) is 0 Å². The monoisotopic (exact) mass is 207 g/mol. The number of aromatic nitrogens is 2. The summed E-state index contributed by atoms with van der Waals surface area (Å²) in [7, 11) is 0. The van der Waals surface area contributed by atoms with Crippen LogP contribution in [0.25, 0.3) is 0 Å². The Balaban J connectivity index is 1.70. The SMILES string of the molecule is CCCC1CC1NCc1cnn(CC)c1. The molecule has 15 heavy (non-hydrogen) atoms. The molecule has 84 valence electrons. The van der Waals surface area contributed by atoms with Crippen molar-refractivity contribution in [3.63, 3.8) is 0 Å². The molecular weight excluding hydrogens is 186 g/mol. The first-order valence-electron chi connectivity index (χ1n) is 6.08. The van der Waals surface area contributed by atoms with Gasteiger partial charge in [-0.15, -0.1) is 0 Å². The number of nitrogens with zero attached hydrogens (tertiary/aromatic N) is 2. The zero-order chi connectivity index (χ0) is 10.7. The van der Waals surface area contributed by atoms with E-state index in [9.17, 15) is 0 Å². The normalized spacial score (nSPS) is 24.4. The molecule has 0 radical (unpaired) electrons. The smallest absolute Gasteiger partial charge is 0.0534 e. The van der Waals surface area contributed by atoms with Gasteiger partial charge >= 0.3 is 0 Å². The lowest BCUT2D eigenvalue weighted by molar-refractivity contribution is 0.598. The molecule has 1 N–H and O–H groups in total. The largest absolute Gasteiger partial charge is 0.310 e. The molecular formula is C12H21N3. The van der Waals surface area contributed by atoms with E-state index in [1.807, 2.05) is 10.9 Å². The number of nitrogens with one attached hydrogen (secondary N) is 1. The van der Waals surface area contributed by atoms with Gasteiger partial charge in [0.15, 0.2) is 0 Å². The van der Waals surface area contributed by atoms with Crippen molar-refractivity contribution in [2.75, 3.05) is 0 Å². The quantitative estimate of drug-likeness (QED) is 0.775. The minimum absolute atomic E-state index is 0.773. The molecule has 1 aliphatic rings. The summed E-state index contributed by atoms with van der Waals surface area (Å²) in [6, 6.07) is 0.773. The molecule has 0 aromatic carbocycles. The van der Waals surface area contributed by atoms with Gasteiger partial charge in [0.25, 0.3) is 0 Å². The molecule has 1 aromatic heterocycles. The maximum atomic E-state index is 4.27. The predicted octanol–water partition coefficient (Wildman–Crippen LogP) is 2.18. The zero-order valence-electron chi connectivity index (χ0n) is 9.74. The van der Waals surface area contributed by atoms with Crippen LogP contribution in [0, 0.1) is 5.92 Å². The minimum Gasteiger partial charge on any atom is -0.310 e. The maximum Gasteiger partial charge on any atom is 0.0534 e. The number of rotatable bonds is 6. The van der Waals surface area contributed by atoms with Crippen LogP contribution in [0.4, 0.5) is 0 Å². The van der Waals surface area contributed by atoms with Gasteiger partial charge in [0.05, 0.1) is 6.20 Å². The van der Waals surface area contributed by atoms with E-state index in [2.05, 4.69) is 30.5 Å². The van der Waals surface area contributed by atoms with Gasteiger partial charge in [-0.2, -0.15) is 5.10 Å². The molecule has 0 spiro atoms. The van der Waals surface area contributed by atoms with Crippen LogP contribution in [0.5, 0.6) is 0 Å². The summed E-state index contributed by atoms with van der Waals surface area (Å²) in [5.74, 6) is 0.941. The third-order valence-electron chi connectivity index (χ3n) is 3.16. The van der Waals surface area contributed by atoms with E-state index in [4.69, 9.17) is 0 Å². The van der Waals surface area contributed by atoms with Crippen LogP contribution < -0.4 is 5.32 Å². The Bertz CT molecular complexity index is 306. The molecule has 3 heteroatoms. The Labute approximate surface area is 91.9 Å². The van der Waals surface area contributed by atoms with Gasteiger partial charge in [-0.05, 0) is 25.7 Å². The molecule has 2 unspecified atom stereocenters. The van der Waals surface area contributed by atoms with Gasteiger partial charge in [-0.1, -0.05) is 13.3 Å². The topological polar surface area (TPSA) is 29.9 Å². The number of hydrogen-bond donors (Lipinski definition) is 1. The molecule has 0 bridgehead atoms. The summed E-state index contributed by atoms with van der Waals surface area (Å²) in [6.45, 7) is 6.32. The highest BCUT2D eigenvalue weighted by Gasteiger charge is 2.35. The summed E-state index contributed by atoms with van der Waals surface area (Å²) in [5, 5.41) is 7.86. The van der Waals surface area contributed by atoms with Gasteiger partial charge in [0.1, 0.15) is 0 Å². The highest BCUT2D eigenvalue weighted by atomic mass is 15.3. The minimum atomic E-state index is 0.773. The van der Waals surface area contributed by atoms with Crippen LogP contribution in [0.1, 0.15) is 38.7 Å². The fourth-order valence-electron chi connectivity index (χ4n) is 2.11. The molecule has 2 rings (SSSR count). The van der Waals surface area contributed by atoms with E-state index >= 15 is 0 Å². The van der Waals surface area contributed by atoms with Crippen molar-refractivity contribution >= 4 is 0 Å². The summed E-state index contributed by atoms with van der Waals surface area (Å²) >= 11 is 0. The molecule has 1 fully saturated rings. The summed E-state index contributed by atoms with van der Waals surface area (Å²) in [6.07, 6.45) is 8.16. The molecule has 1 aromatic rings. The highest BCUT2D eigenvalue weighted by molar-refractivity contribution is 5.05. The number of hydrogen-bond acceptors (Lipinski definition) is 2. The van der Waals surface area contributed by atoms with Crippen molar-refractivity contribution in [1.82, 2.24) is 15.1 Å². The summed E-state index contributed by atoms with van der Waals surface area (Å²) in [5.41, 5.74) is 1.30. The second-order valence-corrected chi connectivity index (χ2v) is 4.48. The van der Waals surface area contributed by atoms with Crippen LogP contribution in [0.2, 0.25) is 0 Å². The Kier molecular flexibility index (Phi) is 3.41. The lowest BCUT2D eigenvalue weighted by Crippen LogP contribution is -2.17. The summed E-state index contributed by atoms with van der Waals surface area (Å²) in [4.78, 5) is 0. The van der Waals surface area contributed by atoms with Crippen molar-refractivity contribution in [3.8, 4) is 0 Å². The van der Waals surface area contributed by atoms with Crippen molar-refractivity contribution < 1.29 is 0 Å². The van der Waals surface area contributed by atoms with Crippen molar-refractivity contribution in [3.05, 3.63) is 18.0 Å². The number of aryl methyl sites for hydroxylation is 1. The fraction of sp³-hybridized carbons (Fsp3) is 0.750. The summed E-state index contributed by atoms with van der Waals surface area (Å²) < 4.78 is 1.98. The van der Waals surface area contributed by atoms with Gasteiger partial charge < -0.3 is 5.32 Å². The van der Waals surface area contributed by atoms with E-state index in [0.29, 0.717) is 0 Å². The first-order valence-corrected chi connectivity index (χ1v) is 6.08. The molecule has 0 aliphatic heterocycles. The van der Waals surface area contributed by atoms with Crippen LogP contribution in [-0.2, 0) is 13.1 Å². The predicted molar refractivity (Wildman–Crippen MR) is 61.5 cm³/mol. The second-order valence-electron chi connectivity index (χ2n) is 4.48. The van der Waals surface area contributed by atoms with E-state index in [1.54, 1.807) is 0 Å². The molecule has 1 aliphatic carbocycles. The first kappa shape index (κ1) is 10.7. The average Bonchev–Trinajstić information content (AvgIpc) is 2.82. The molecule has 1 saturated carbocycles. The van der Waals surface area contributed by atoms with Crippen molar-refractivity contribution in [1.29, 1.82) is 0 Å². The Morgan fingerprint density at radius 3 is 3.07 bits per heavy atom. The zero-order valence-corrected chi connectivity index (χ0v) is 9.74. The third-order valence-corrected chi connectivity index (χ3v) is 3.16. The molecule has 2 atom stereocenters. The highest BCUT2D eigenvalue weighted by Crippen LogP contribution is 2.34. The second kappa shape index (κ2) is 4.79. The Morgan fingerprint density at radius 2 is 2.40 bits per heavy atom. The average molecular weight is 207 g/mol. The molecule has 3 nitrogen and oxygen atoms in total. The van der Waals surface area contributed by atoms with Gasteiger partial charge in [0, 0.05) is 30.9 Å². The van der Waals surface area contributed by atoms with E-state index in [1.165, 1.54) is 24.8 Å². The molecule has 0 amide bonds. The van der Waals surface area contributed by atoms with Crippen LogP contribution in [0.15, 0.2) is 12.4 Å². The molecule has 1 heterocycles. The van der Waals surface area contributed by atoms with E-state index < -0.39 is 0 Å². The lowest BCUT2D eigenvalue weighted by atomic mass is 10.2. The van der Waals surface area contributed by atoms with E-state index in [-0.39, 0.29) is 0 Å². The van der Waals surface area contributed by atoms with Crippen molar-refractivity contribution in [2.45, 2.75) is 52.2 Å². The van der Waals surface area contributed by atoms with Crippen LogP contribution >= 0.6 is 0 Å². The standard InChI is InChI=1S/C12H21N3/c1-3-5-11-6-12(11)13-7-10-8-14-15(4-2)9-10/h8-9,11-13H,3-7H2,1-2H3. The fourth-order valence-corrected chi connectivity index (χ4v) is 2.11. The first-order chi connectivity index (χ1) is 7.33. The van der Waals surface area contributed by atoms with Crippen LogP contribution in [0.3, 0.4) is 0 Å².